The molecule has 6 heteroatoms. The van der Waals surface area contributed by atoms with E-state index in [1.807, 2.05) is 18.2 Å². The molecule has 0 bridgehead atoms. The van der Waals surface area contributed by atoms with Gasteiger partial charge in [0.2, 0.25) is 0 Å². The monoisotopic (exact) mass is 360 g/mol. The number of hydrogen-bond donors (Lipinski definition) is 1. The number of methoxy groups -OCH3 is 2. The summed E-state index contributed by atoms with van der Waals surface area (Å²) in [6.45, 7) is 2.94. The zero-order chi connectivity index (χ0) is 18.0. The zero-order valence-corrected chi connectivity index (χ0v) is 15.7. The van der Waals surface area contributed by atoms with E-state index < -0.39 is 0 Å². The Labute approximate surface area is 154 Å². The number of nitrogens with one attached hydrogen (secondary N) is 1. The number of rotatable bonds is 5. The average molecular weight is 360 g/mol. The lowest BCUT2D eigenvalue weighted by molar-refractivity contribution is -0.116. The highest BCUT2D eigenvalue weighted by molar-refractivity contribution is 7.80. The molecule has 1 N–H and O–H groups in total. The first-order chi connectivity index (χ1) is 12.1. The van der Waals surface area contributed by atoms with E-state index in [4.69, 9.17) is 21.7 Å². The Kier molecular flexibility index (Phi) is 5.27. The summed E-state index contributed by atoms with van der Waals surface area (Å²) >= 11 is 5.61. The number of allylic oxidation sites excluding steroid dienone is 1. The van der Waals surface area contributed by atoms with Crippen LogP contribution in [0.15, 0.2) is 29.5 Å². The van der Waals surface area contributed by atoms with Gasteiger partial charge >= 0.3 is 0 Å². The van der Waals surface area contributed by atoms with Gasteiger partial charge in [-0.25, -0.2) is 0 Å². The van der Waals surface area contributed by atoms with E-state index in [2.05, 4.69) is 17.1 Å². The molecule has 5 nitrogen and oxygen atoms in total. The Morgan fingerprint density at radius 1 is 1.28 bits per heavy atom. The Hall–Kier alpha value is -2.08. The third-order valence-corrected chi connectivity index (χ3v) is 5.09. The fourth-order valence-corrected chi connectivity index (χ4v) is 3.93. The molecule has 1 heterocycles. The van der Waals surface area contributed by atoms with E-state index in [0.717, 1.165) is 54.1 Å². The van der Waals surface area contributed by atoms with Crippen LogP contribution in [0.4, 0.5) is 0 Å². The normalized spacial score (nSPS) is 20.3. The third-order valence-electron chi connectivity index (χ3n) is 4.75. The van der Waals surface area contributed by atoms with Crippen molar-refractivity contribution in [2.24, 2.45) is 0 Å². The fraction of sp³-hybridized carbons (Fsp3) is 0.474. The van der Waals surface area contributed by atoms with Crippen LogP contribution >= 0.6 is 12.2 Å². The largest absolute Gasteiger partial charge is 0.497 e. The van der Waals surface area contributed by atoms with E-state index in [9.17, 15) is 4.79 Å². The van der Waals surface area contributed by atoms with Crippen LogP contribution in [0.3, 0.4) is 0 Å². The summed E-state index contributed by atoms with van der Waals surface area (Å²) in [6, 6.07) is 5.34. The van der Waals surface area contributed by atoms with Crippen LogP contribution in [0, 0.1) is 0 Å². The van der Waals surface area contributed by atoms with Crippen molar-refractivity contribution in [1.29, 1.82) is 0 Å². The van der Waals surface area contributed by atoms with Crippen LogP contribution in [-0.2, 0) is 4.79 Å². The molecule has 2 aliphatic rings. The standard InChI is InChI=1S/C19H24N2O3S/c1-4-10-21-14-6-5-7-15(22)17(14)18(20-19(21)25)13-11-12(23-2)8-9-16(13)24-3/h8-9,11,18H,4-7,10H2,1-3H3,(H,20,25). The summed E-state index contributed by atoms with van der Waals surface area (Å²) in [5.41, 5.74) is 2.76. The number of Topliss-reactive ketones (excluding diaryl/α,β-unsaturated/α-hetero) is 1. The van der Waals surface area contributed by atoms with Gasteiger partial charge in [0.05, 0.1) is 20.3 Å². The van der Waals surface area contributed by atoms with E-state index in [0.29, 0.717) is 11.5 Å². The lowest BCUT2D eigenvalue weighted by atomic mass is 9.84. The summed E-state index contributed by atoms with van der Waals surface area (Å²) in [7, 11) is 3.26. The van der Waals surface area contributed by atoms with E-state index in [1.54, 1.807) is 14.2 Å². The Morgan fingerprint density at radius 2 is 2.08 bits per heavy atom. The van der Waals surface area contributed by atoms with Gasteiger partial charge in [0.15, 0.2) is 10.9 Å². The van der Waals surface area contributed by atoms with Crippen molar-refractivity contribution in [2.45, 2.75) is 38.6 Å². The topological polar surface area (TPSA) is 50.8 Å². The number of thiocarbonyl (C=S) groups is 1. The van der Waals surface area contributed by atoms with Crippen LogP contribution in [0.5, 0.6) is 11.5 Å². The molecule has 1 aliphatic heterocycles. The number of ether oxygens (including phenoxy) is 2. The van der Waals surface area contributed by atoms with Gasteiger partial charge in [-0.15, -0.1) is 0 Å². The van der Waals surface area contributed by atoms with Gasteiger partial charge in [-0.1, -0.05) is 6.92 Å². The molecule has 0 fully saturated rings. The average Bonchev–Trinajstić information content (AvgIpc) is 2.63. The van der Waals surface area contributed by atoms with Crippen molar-refractivity contribution in [1.82, 2.24) is 10.2 Å². The number of nitrogens with zero attached hydrogens (tertiary/aromatic N) is 1. The molecule has 0 radical (unpaired) electrons. The lowest BCUT2D eigenvalue weighted by Gasteiger charge is -2.41. The van der Waals surface area contributed by atoms with Crippen LogP contribution in [0.25, 0.3) is 0 Å². The molecule has 1 aliphatic carbocycles. The highest BCUT2D eigenvalue weighted by atomic mass is 32.1. The molecule has 134 valence electrons. The van der Waals surface area contributed by atoms with Crippen molar-refractivity contribution in [3.63, 3.8) is 0 Å². The Bertz CT molecular complexity index is 729. The van der Waals surface area contributed by atoms with Gasteiger partial charge in [0.25, 0.3) is 0 Å². The van der Waals surface area contributed by atoms with Crippen LogP contribution < -0.4 is 14.8 Å². The van der Waals surface area contributed by atoms with Crippen LogP contribution in [0.2, 0.25) is 0 Å². The maximum absolute atomic E-state index is 12.8. The maximum atomic E-state index is 12.8. The predicted octanol–water partition coefficient (Wildman–Crippen LogP) is 3.35. The number of carbonyl (C=O) groups is 1. The van der Waals surface area contributed by atoms with E-state index >= 15 is 0 Å². The quantitative estimate of drug-likeness (QED) is 0.813. The molecule has 0 amide bonds. The van der Waals surface area contributed by atoms with Crippen molar-refractivity contribution < 1.29 is 14.3 Å². The third kappa shape index (κ3) is 3.23. The molecule has 1 aromatic carbocycles. The molecule has 0 aromatic heterocycles. The van der Waals surface area contributed by atoms with Gasteiger partial charge in [-0.3, -0.25) is 4.79 Å². The van der Waals surface area contributed by atoms with E-state index in [-0.39, 0.29) is 11.8 Å². The van der Waals surface area contributed by atoms with Gasteiger partial charge < -0.3 is 19.7 Å². The van der Waals surface area contributed by atoms with Gasteiger partial charge in [-0.2, -0.15) is 0 Å². The van der Waals surface area contributed by atoms with Crippen molar-refractivity contribution in [2.75, 3.05) is 20.8 Å². The lowest BCUT2D eigenvalue weighted by Crippen LogP contribution is -2.49. The predicted molar refractivity (Wildman–Crippen MR) is 101 cm³/mol. The number of ketones is 1. The second kappa shape index (κ2) is 7.44. The molecular weight excluding hydrogens is 336 g/mol. The summed E-state index contributed by atoms with van der Waals surface area (Å²) in [6.07, 6.45) is 3.31. The van der Waals surface area contributed by atoms with Crippen LogP contribution in [-0.4, -0.2) is 36.6 Å². The maximum Gasteiger partial charge on any atom is 0.173 e. The summed E-state index contributed by atoms with van der Waals surface area (Å²) in [5.74, 6) is 1.63. The Balaban J connectivity index is 2.14. The summed E-state index contributed by atoms with van der Waals surface area (Å²) in [5, 5.41) is 4.04. The summed E-state index contributed by atoms with van der Waals surface area (Å²) < 4.78 is 10.9. The van der Waals surface area contributed by atoms with Gasteiger partial charge in [0.1, 0.15) is 11.5 Å². The smallest absolute Gasteiger partial charge is 0.173 e. The van der Waals surface area contributed by atoms with Gasteiger partial charge in [-0.05, 0) is 49.7 Å². The molecule has 1 aromatic rings. The molecular formula is C19H24N2O3S. The minimum absolute atomic E-state index is 0.187. The minimum atomic E-state index is -0.298. The molecule has 0 spiro atoms. The first-order valence-electron chi connectivity index (χ1n) is 8.66. The first kappa shape index (κ1) is 17.7. The molecule has 1 unspecified atom stereocenters. The Morgan fingerprint density at radius 3 is 2.76 bits per heavy atom. The first-order valence-corrected chi connectivity index (χ1v) is 9.07. The fourth-order valence-electron chi connectivity index (χ4n) is 3.61. The number of benzene rings is 1. The van der Waals surface area contributed by atoms with Crippen molar-refractivity contribution >= 4 is 23.1 Å². The molecule has 1 atom stereocenters. The number of hydrogen-bond acceptors (Lipinski definition) is 4. The SMILES string of the molecule is CCCN1C(=S)NC(c2cc(OC)ccc2OC)C2=C1CCCC2=O. The zero-order valence-electron chi connectivity index (χ0n) is 14.9. The minimum Gasteiger partial charge on any atom is -0.497 e. The number of carbonyl (C=O) groups excluding carboxylic acids is 1. The molecule has 0 saturated carbocycles. The van der Waals surface area contributed by atoms with E-state index in [1.165, 1.54) is 0 Å². The van der Waals surface area contributed by atoms with Gasteiger partial charge in [0, 0.05) is 29.8 Å². The molecule has 25 heavy (non-hydrogen) atoms. The second-order valence-corrected chi connectivity index (χ2v) is 6.67. The molecule has 3 rings (SSSR count). The highest BCUT2D eigenvalue weighted by Crippen LogP contribution is 2.41. The molecule has 0 saturated heterocycles. The second-order valence-electron chi connectivity index (χ2n) is 6.28. The summed E-state index contributed by atoms with van der Waals surface area (Å²) in [4.78, 5) is 14.9. The van der Waals surface area contributed by atoms with Crippen molar-refractivity contribution in [3.8, 4) is 11.5 Å². The van der Waals surface area contributed by atoms with Crippen LogP contribution in [0.1, 0.15) is 44.2 Å². The van der Waals surface area contributed by atoms with Crippen molar-refractivity contribution in [3.05, 3.63) is 35.0 Å². The highest BCUT2D eigenvalue weighted by Gasteiger charge is 2.38.